The van der Waals surface area contributed by atoms with Crippen molar-refractivity contribution in [3.63, 3.8) is 0 Å². The van der Waals surface area contributed by atoms with E-state index in [4.69, 9.17) is 15.6 Å². The average Bonchev–Trinajstić information content (AvgIpc) is 3.43. The van der Waals surface area contributed by atoms with E-state index < -0.39 is 16.2 Å². The third-order valence-corrected chi connectivity index (χ3v) is 12.0. The van der Waals surface area contributed by atoms with Crippen LogP contribution in [0.2, 0.25) is 0 Å². The van der Waals surface area contributed by atoms with Crippen LogP contribution in [0.4, 0.5) is 0 Å². The Bertz CT molecular complexity index is 1110. The molecule has 0 N–H and O–H groups in total. The van der Waals surface area contributed by atoms with E-state index in [9.17, 15) is 8.42 Å². The van der Waals surface area contributed by atoms with E-state index in [0.29, 0.717) is 17.2 Å². The summed E-state index contributed by atoms with van der Waals surface area (Å²) in [5, 5.41) is 0. The average molecular weight is 577 g/mol. The maximum absolute atomic E-state index is 13.4. The SMILES string of the molecule is [3H][C@@H](C[C@@H]1O[C@H](CC(C)CC)[C@H](C)[C@H]1CS(=O)(=O)c1ccccc1)C(=C)[C@H](C)CC1CC[C@@H]2O[C@@H](C)C[C@]2(CC)O1. The summed E-state index contributed by atoms with van der Waals surface area (Å²) in [5.41, 5.74) is 0.711. The summed E-state index contributed by atoms with van der Waals surface area (Å²) >= 11 is 0. The van der Waals surface area contributed by atoms with E-state index in [1.54, 1.807) is 24.3 Å². The van der Waals surface area contributed by atoms with Gasteiger partial charge in [-0.1, -0.05) is 71.4 Å². The lowest BCUT2D eigenvalue weighted by atomic mass is 9.81. The lowest BCUT2D eigenvalue weighted by molar-refractivity contribution is -0.170. The van der Waals surface area contributed by atoms with Crippen molar-refractivity contribution in [2.24, 2.45) is 23.7 Å². The Hall–Kier alpha value is -1.21. The number of ether oxygens (including phenoxy) is 3. The third kappa shape index (κ3) is 7.22. The number of benzene rings is 1. The quantitative estimate of drug-likeness (QED) is 0.224. The van der Waals surface area contributed by atoms with Crippen LogP contribution >= 0.6 is 0 Å². The fraction of sp³-hybridized carbons (Fsp3) is 0.765. The predicted molar refractivity (Wildman–Crippen MR) is 162 cm³/mol. The van der Waals surface area contributed by atoms with E-state index in [2.05, 4.69) is 48.1 Å². The third-order valence-electron chi connectivity index (χ3n) is 10.2. The van der Waals surface area contributed by atoms with Gasteiger partial charge in [0.2, 0.25) is 0 Å². The summed E-state index contributed by atoms with van der Waals surface area (Å²) in [6.45, 7) is 17.4. The second-order valence-corrected chi connectivity index (χ2v) is 15.1. The summed E-state index contributed by atoms with van der Waals surface area (Å²) < 4.78 is 55.5. The lowest BCUT2D eigenvalue weighted by Gasteiger charge is -2.42. The van der Waals surface area contributed by atoms with Crippen molar-refractivity contribution in [1.29, 1.82) is 0 Å². The Morgan fingerprint density at radius 3 is 2.50 bits per heavy atom. The molecule has 5 nitrogen and oxygen atoms in total. The summed E-state index contributed by atoms with van der Waals surface area (Å²) in [6, 6.07) is 8.73. The van der Waals surface area contributed by atoms with Crippen LogP contribution in [-0.2, 0) is 24.0 Å². The van der Waals surface area contributed by atoms with E-state index >= 15 is 0 Å². The van der Waals surface area contributed by atoms with E-state index in [-0.39, 0.29) is 59.6 Å². The largest absolute Gasteiger partial charge is 0.374 e. The molecule has 0 aromatic heterocycles. The van der Waals surface area contributed by atoms with Crippen LogP contribution in [0.1, 0.15) is 101 Å². The lowest BCUT2D eigenvalue weighted by Crippen LogP contribution is -2.48. The summed E-state index contributed by atoms with van der Waals surface area (Å²) in [4.78, 5) is 0.360. The van der Waals surface area contributed by atoms with Crippen LogP contribution in [0.25, 0.3) is 0 Å². The number of rotatable bonds is 13. The van der Waals surface area contributed by atoms with Gasteiger partial charge in [-0.15, -0.1) is 0 Å². The smallest absolute Gasteiger partial charge is 0.178 e. The van der Waals surface area contributed by atoms with Gasteiger partial charge in [-0.3, -0.25) is 0 Å². The van der Waals surface area contributed by atoms with Crippen molar-refractivity contribution in [2.75, 3.05) is 5.75 Å². The van der Waals surface area contributed by atoms with Crippen molar-refractivity contribution in [3.05, 3.63) is 42.5 Å². The zero-order chi connectivity index (χ0) is 29.9. The van der Waals surface area contributed by atoms with E-state index in [1.165, 1.54) is 0 Å². The first-order valence-electron chi connectivity index (χ1n) is 16.3. The van der Waals surface area contributed by atoms with Crippen molar-refractivity contribution >= 4 is 9.84 Å². The standard InChI is InChI=1S/C34H54O5S/c1-8-23(3)19-32-27(7)30(22-40(35,36)29-13-11-10-12-14-29)31(38-32)17-15-24(4)25(5)20-28-16-18-33-34(9-2,39-28)21-26(6)37-33/h10-14,23,25-28,30-33H,4,8-9,15-22H2,1-3,5-7H3/t23?,25-,26+,27-,28?,30-,31+,32-,33+,34+/m1/s1/i15T/t15-,23?,25+,26-,27+,28?,30+,31-,32+,33-,34-/m0. The molecule has 0 saturated carbocycles. The van der Waals surface area contributed by atoms with Gasteiger partial charge in [0, 0.05) is 13.7 Å². The molecule has 4 rings (SSSR count). The van der Waals surface area contributed by atoms with Gasteiger partial charge in [0.1, 0.15) is 0 Å². The molecule has 3 aliphatic heterocycles. The monoisotopic (exact) mass is 576 g/mol. The van der Waals surface area contributed by atoms with Gasteiger partial charge in [-0.2, -0.15) is 0 Å². The Labute approximate surface area is 245 Å². The van der Waals surface area contributed by atoms with Crippen LogP contribution in [0.5, 0.6) is 0 Å². The number of hydrogen-bond donors (Lipinski definition) is 0. The van der Waals surface area contributed by atoms with Crippen LogP contribution < -0.4 is 0 Å². The van der Waals surface area contributed by atoms with Crippen LogP contribution in [-0.4, -0.2) is 50.3 Å². The molecule has 0 spiro atoms. The molecule has 226 valence electrons. The molecule has 0 amide bonds. The fourth-order valence-electron chi connectivity index (χ4n) is 7.25. The number of allylic oxidation sites excluding steroid dienone is 1. The minimum Gasteiger partial charge on any atom is -0.374 e. The zero-order valence-corrected chi connectivity index (χ0v) is 26.5. The molecule has 40 heavy (non-hydrogen) atoms. The highest BCUT2D eigenvalue weighted by molar-refractivity contribution is 7.91. The summed E-state index contributed by atoms with van der Waals surface area (Å²) in [5.74, 6) is 0.636. The molecule has 6 heteroatoms. The normalized spacial score (nSPS) is 37.0. The van der Waals surface area contributed by atoms with E-state index in [1.807, 2.05) is 6.07 Å². The molecule has 11 atom stereocenters. The molecule has 3 heterocycles. The first-order chi connectivity index (χ1) is 19.4. The molecular formula is C34H54O5S. The van der Waals surface area contributed by atoms with Crippen molar-refractivity contribution in [2.45, 2.75) is 140 Å². The Balaban J connectivity index is 1.42. The van der Waals surface area contributed by atoms with Gasteiger partial charge in [-0.05, 0) is 81.7 Å². The molecule has 3 fully saturated rings. The minimum absolute atomic E-state index is 0.00801. The maximum atomic E-state index is 13.4. The molecule has 2 unspecified atom stereocenters. The number of fused-ring (bicyclic) bond motifs is 1. The topological polar surface area (TPSA) is 61.8 Å². The van der Waals surface area contributed by atoms with Crippen LogP contribution in [0.3, 0.4) is 0 Å². The van der Waals surface area contributed by atoms with Crippen LogP contribution in [0.15, 0.2) is 47.4 Å². The van der Waals surface area contributed by atoms with Gasteiger partial charge < -0.3 is 14.2 Å². The molecular weight excluding hydrogens is 520 g/mol. The Morgan fingerprint density at radius 2 is 1.82 bits per heavy atom. The second kappa shape index (κ2) is 13.4. The van der Waals surface area contributed by atoms with Gasteiger partial charge in [0.15, 0.2) is 9.84 Å². The maximum Gasteiger partial charge on any atom is 0.178 e. The van der Waals surface area contributed by atoms with Crippen molar-refractivity contribution in [3.8, 4) is 0 Å². The van der Waals surface area contributed by atoms with Gasteiger partial charge in [0.25, 0.3) is 0 Å². The molecule has 0 aliphatic carbocycles. The fourth-order valence-corrected chi connectivity index (χ4v) is 9.04. The van der Waals surface area contributed by atoms with Crippen molar-refractivity contribution < 1.29 is 24.0 Å². The van der Waals surface area contributed by atoms with Gasteiger partial charge in [0.05, 0.1) is 46.8 Å². The highest BCUT2D eigenvalue weighted by atomic mass is 32.2. The van der Waals surface area contributed by atoms with Gasteiger partial charge in [-0.25, -0.2) is 8.42 Å². The molecule has 1 aromatic carbocycles. The molecule has 3 aliphatic rings. The summed E-state index contributed by atoms with van der Waals surface area (Å²) in [6.07, 6.45) is 6.98. The predicted octanol–water partition coefficient (Wildman–Crippen LogP) is 7.78. The Morgan fingerprint density at radius 1 is 1.10 bits per heavy atom. The highest BCUT2D eigenvalue weighted by Gasteiger charge is 2.51. The van der Waals surface area contributed by atoms with E-state index in [0.717, 1.165) is 50.5 Å². The number of sulfone groups is 1. The molecule has 0 radical (unpaired) electrons. The molecule has 3 saturated heterocycles. The van der Waals surface area contributed by atoms with Gasteiger partial charge >= 0.3 is 0 Å². The van der Waals surface area contributed by atoms with Crippen molar-refractivity contribution in [1.82, 2.24) is 0 Å². The minimum atomic E-state index is -3.47. The zero-order valence-electron chi connectivity index (χ0n) is 26.7. The molecule has 0 bridgehead atoms. The second-order valence-electron chi connectivity index (χ2n) is 13.1. The number of hydrogen-bond acceptors (Lipinski definition) is 5. The first-order valence-corrected chi connectivity index (χ1v) is 17.4. The first kappa shape index (κ1) is 30.3. The summed E-state index contributed by atoms with van der Waals surface area (Å²) in [7, 11) is -3.47. The Kier molecular flexibility index (Phi) is 10.1. The highest BCUT2D eigenvalue weighted by Crippen LogP contribution is 2.45. The van der Waals surface area contributed by atoms with Crippen LogP contribution in [0, 0.1) is 23.7 Å². The molecule has 1 aromatic rings.